The topological polar surface area (TPSA) is 140 Å². The second-order valence-electron chi connectivity index (χ2n) is 11.5. The molecule has 1 aromatic carbocycles. The third-order valence-corrected chi connectivity index (χ3v) is 7.39. The predicted octanol–water partition coefficient (Wildman–Crippen LogP) is 3.38. The summed E-state index contributed by atoms with van der Waals surface area (Å²) < 4.78 is 17.5. The summed E-state index contributed by atoms with van der Waals surface area (Å²) in [6, 6.07) is 6.80. The van der Waals surface area contributed by atoms with Gasteiger partial charge in [-0.25, -0.2) is 19.4 Å². The Labute approximate surface area is 242 Å². The van der Waals surface area contributed by atoms with Crippen LogP contribution >= 0.6 is 0 Å². The Hall–Kier alpha value is -4.45. The minimum absolute atomic E-state index is 0.183. The smallest absolute Gasteiger partial charge is 0.415 e. The molecule has 1 atom stereocenters. The average molecular weight is 579 g/mol. The molecule has 12 nitrogen and oxygen atoms in total. The van der Waals surface area contributed by atoms with E-state index in [2.05, 4.69) is 0 Å². The van der Waals surface area contributed by atoms with E-state index in [1.807, 2.05) is 6.92 Å². The Balaban J connectivity index is 1.38. The number of rotatable bonds is 5. The van der Waals surface area contributed by atoms with E-state index in [-0.39, 0.29) is 42.9 Å². The summed E-state index contributed by atoms with van der Waals surface area (Å²) in [5, 5.41) is 11.2. The molecule has 3 aromatic rings. The van der Waals surface area contributed by atoms with E-state index in [0.29, 0.717) is 29.1 Å². The normalized spacial score (nSPS) is 15.4. The van der Waals surface area contributed by atoms with Crippen LogP contribution in [0.5, 0.6) is 5.75 Å². The van der Waals surface area contributed by atoms with E-state index >= 15 is 0 Å². The van der Waals surface area contributed by atoms with Gasteiger partial charge in [0.15, 0.2) is 6.10 Å². The Bertz CT molecular complexity index is 1670. The van der Waals surface area contributed by atoms with E-state index in [1.165, 1.54) is 9.80 Å². The van der Waals surface area contributed by atoms with Crippen LogP contribution in [0.4, 0.5) is 9.59 Å². The van der Waals surface area contributed by atoms with Crippen LogP contribution in [0.3, 0.4) is 0 Å². The van der Waals surface area contributed by atoms with Crippen molar-refractivity contribution < 1.29 is 33.7 Å². The third kappa shape index (κ3) is 5.29. The molecule has 1 N–H and O–H groups in total. The number of aliphatic hydroxyl groups excluding tert-OH is 1. The number of aryl methyl sites for hydroxylation is 1. The molecule has 2 aliphatic rings. The average Bonchev–Trinajstić information content (AvgIpc) is 3.30. The molecule has 0 saturated carbocycles. The van der Waals surface area contributed by atoms with Gasteiger partial charge in [0, 0.05) is 43.7 Å². The molecule has 0 fully saturated rings. The van der Waals surface area contributed by atoms with Gasteiger partial charge in [0.25, 0.3) is 5.56 Å². The van der Waals surface area contributed by atoms with Crippen molar-refractivity contribution >= 4 is 29.1 Å². The number of hydrogen-bond acceptors (Lipinski definition) is 9. The molecule has 2 aliphatic heterocycles. The van der Waals surface area contributed by atoms with Crippen LogP contribution in [0.1, 0.15) is 56.1 Å². The quantitative estimate of drug-likeness (QED) is 0.353. The highest BCUT2D eigenvalue weighted by Crippen LogP contribution is 2.38. The molecule has 4 heterocycles. The second kappa shape index (κ2) is 10.8. The summed E-state index contributed by atoms with van der Waals surface area (Å²) in [7, 11) is 3.19. The fraction of sp³-hybridized carbons (Fsp3) is 0.433. The Morgan fingerprint density at radius 1 is 1.10 bits per heavy atom. The number of carbonyl (C=O) groups is 3. The van der Waals surface area contributed by atoms with Gasteiger partial charge in [0.1, 0.15) is 18.0 Å². The minimum atomic E-state index is -1.52. The molecule has 0 saturated heterocycles. The zero-order valence-corrected chi connectivity index (χ0v) is 24.5. The number of amides is 2. The van der Waals surface area contributed by atoms with Crippen molar-refractivity contribution in [3.05, 3.63) is 56.9 Å². The van der Waals surface area contributed by atoms with Crippen LogP contribution in [-0.4, -0.2) is 75.4 Å². The van der Waals surface area contributed by atoms with Crippen molar-refractivity contribution in [1.29, 1.82) is 0 Å². The zero-order chi connectivity index (χ0) is 30.5. The summed E-state index contributed by atoms with van der Waals surface area (Å²) in [6.07, 6.45) is -1.95. The summed E-state index contributed by atoms with van der Waals surface area (Å²) >= 11 is 0. The molecule has 2 aromatic heterocycles. The third-order valence-electron chi connectivity index (χ3n) is 7.39. The second-order valence-corrected chi connectivity index (χ2v) is 11.5. The summed E-state index contributed by atoms with van der Waals surface area (Å²) in [5.74, 6) is -0.452. The van der Waals surface area contributed by atoms with Gasteiger partial charge in [-0.1, -0.05) is 6.92 Å². The number of pyridine rings is 2. The number of aromatic nitrogens is 2. The predicted molar refractivity (Wildman–Crippen MR) is 152 cm³/mol. The Morgan fingerprint density at radius 3 is 2.45 bits per heavy atom. The van der Waals surface area contributed by atoms with Crippen LogP contribution in [0.15, 0.2) is 29.1 Å². The number of benzene rings is 1. The van der Waals surface area contributed by atoms with E-state index in [0.717, 1.165) is 16.5 Å². The number of hydrogen-bond donors (Lipinski definition) is 1. The lowest BCUT2D eigenvalue weighted by molar-refractivity contribution is -0.157. The first-order valence-corrected chi connectivity index (χ1v) is 13.7. The zero-order valence-electron chi connectivity index (χ0n) is 24.5. The first-order chi connectivity index (χ1) is 19.8. The van der Waals surface area contributed by atoms with Gasteiger partial charge < -0.3 is 33.7 Å². The van der Waals surface area contributed by atoms with Crippen molar-refractivity contribution in [3.8, 4) is 17.1 Å². The minimum Gasteiger partial charge on any atom is -0.458 e. The molecular weight excluding hydrogens is 544 g/mol. The lowest BCUT2D eigenvalue weighted by Gasteiger charge is -2.26. The van der Waals surface area contributed by atoms with Crippen LogP contribution < -0.4 is 10.3 Å². The van der Waals surface area contributed by atoms with E-state index < -0.39 is 29.9 Å². The van der Waals surface area contributed by atoms with Crippen molar-refractivity contribution in [1.82, 2.24) is 19.4 Å². The van der Waals surface area contributed by atoms with Crippen LogP contribution in [0, 0.1) is 0 Å². The number of ether oxygens (including phenoxy) is 3. The van der Waals surface area contributed by atoms with Crippen LogP contribution in [-0.2, 0) is 33.8 Å². The first kappa shape index (κ1) is 29.1. The summed E-state index contributed by atoms with van der Waals surface area (Å²) in [4.78, 5) is 57.8. The molecule has 0 radical (unpaired) electrons. The number of nitrogens with zero attached hydrogens (tertiary/aromatic N) is 4. The van der Waals surface area contributed by atoms with E-state index in [9.17, 15) is 24.3 Å². The van der Waals surface area contributed by atoms with Gasteiger partial charge in [0.2, 0.25) is 0 Å². The molecule has 2 amide bonds. The monoisotopic (exact) mass is 578 g/mol. The molecule has 12 heteroatoms. The van der Waals surface area contributed by atoms with Gasteiger partial charge in [-0.05, 0) is 57.0 Å². The molecule has 1 unspecified atom stereocenters. The van der Waals surface area contributed by atoms with Gasteiger partial charge in [-0.3, -0.25) is 4.79 Å². The van der Waals surface area contributed by atoms with Crippen molar-refractivity contribution in [2.75, 3.05) is 27.2 Å². The Kier molecular flexibility index (Phi) is 7.44. The van der Waals surface area contributed by atoms with Crippen molar-refractivity contribution in [3.63, 3.8) is 0 Å². The lowest BCUT2D eigenvalue weighted by atomic mass is 9.97. The van der Waals surface area contributed by atoms with Gasteiger partial charge in [-0.15, -0.1) is 0 Å². The van der Waals surface area contributed by atoms with E-state index in [4.69, 9.17) is 19.2 Å². The van der Waals surface area contributed by atoms with Gasteiger partial charge in [-0.2, -0.15) is 0 Å². The Morgan fingerprint density at radius 2 is 1.79 bits per heavy atom. The number of aliphatic hydroxyl groups is 1. The first-order valence-electron chi connectivity index (χ1n) is 13.7. The SMILES string of the molecule is CCc1c2c(nc3ccc(OC(=O)N(C)CCN(C)C(=O)OC(C)(C)C)cc13)-c1cc3c(c(=O)n1C2)COC(=O)C3O. The highest BCUT2D eigenvalue weighted by molar-refractivity contribution is 5.90. The maximum absolute atomic E-state index is 13.3. The maximum Gasteiger partial charge on any atom is 0.415 e. The number of fused-ring (bicyclic) bond motifs is 5. The number of esters is 1. The maximum atomic E-state index is 13.3. The molecular formula is C30H34N4O8. The van der Waals surface area contributed by atoms with Gasteiger partial charge >= 0.3 is 18.2 Å². The lowest BCUT2D eigenvalue weighted by Crippen LogP contribution is -2.40. The number of cyclic esters (lactones) is 1. The molecule has 222 valence electrons. The molecule has 42 heavy (non-hydrogen) atoms. The summed E-state index contributed by atoms with van der Waals surface area (Å²) in [5.41, 5.74) is 3.18. The highest BCUT2D eigenvalue weighted by atomic mass is 16.6. The van der Waals surface area contributed by atoms with Crippen molar-refractivity contribution in [2.24, 2.45) is 0 Å². The number of carbonyl (C=O) groups excluding carboxylic acids is 3. The molecule has 0 bridgehead atoms. The molecule has 0 spiro atoms. The van der Waals surface area contributed by atoms with E-state index in [1.54, 1.807) is 63.7 Å². The fourth-order valence-electron chi connectivity index (χ4n) is 5.16. The molecule has 5 rings (SSSR count). The largest absolute Gasteiger partial charge is 0.458 e. The highest BCUT2D eigenvalue weighted by Gasteiger charge is 2.34. The molecule has 0 aliphatic carbocycles. The summed E-state index contributed by atoms with van der Waals surface area (Å²) in [6.45, 7) is 7.95. The van der Waals surface area contributed by atoms with Gasteiger partial charge in [0.05, 0.1) is 29.0 Å². The number of likely N-dealkylation sites (N-methyl/N-ethyl adjacent to an activating group) is 2. The fourth-order valence-corrected chi connectivity index (χ4v) is 5.16. The van der Waals surface area contributed by atoms with Crippen molar-refractivity contribution in [2.45, 2.75) is 59.0 Å². The standard InChI is InChI=1S/C30H34N4O8/c1-7-17-18-12-16(41-28(38)32(5)10-11-33(6)29(39)42-30(2,3)4)8-9-22(18)31-24-20(17)14-34-23(24)13-19-21(26(34)36)15-40-27(37)25(19)35/h8-9,12-13,25,35H,7,10-11,14-15H2,1-6H3. The van der Waals surface area contributed by atoms with Crippen LogP contribution in [0.2, 0.25) is 0 Å². The van der Waals surface area contributed by atoms with Crippen LogP contribution in [0.25, 0.3) is 22.3 Å².